The van der Waals surface area contributed by atoms with Crippen LogP contribution in [0.15, 0.2) is 30.3 Å². The molecule has 0 saturated carbocycles. The first-order valence-electron chi connectivity index (χ1n) is 7.23. The highest BCUT2D eigenvalue weighted by molar-refractivity contribution is 6.32. The second-order valence-electron chi connectivity index (χ2n) is 5.19. The second-order valence-corrected chi connectivity index (χ2v) is 5.60. The second kappa shape index (κ2) is 8.02. The Kier molecular flexibility index (Phi) is 6.03. The number of methoxy groups -OCH3 is 2. The van der Waals surface area contributed by atoms with Gasteiger partial charge in [-0.25, -0.2) is 8.78 Å². The van der Waals surface area contributed by atoms with E-state index >= 15 is 0 Å². The number of likely N-dealkylation sites (N-methyl/N-ethyl adjacent to an activating group) is 1. The molecule has 0 fully saturated rings. The summed E-state index contributed by atoms with van der Waals surface area (Å²) in [5, 5.41) is 2.98. The lowest BCUT2D eigenvalue weighted by Gasteiger charge is -2.19. The molecule has 0 heterocycles. The van der Waals surface area contributed by atoms with Gasteiger partial charge in [-0.1, -0.05) is 11.6 Å². The summed E-state index contributed by atoms with van der Waals surface area (Å²) in [6.45, 7) is -0.0854. The minimum atomic E-state index is -0.978. The van der Waals surface area contributed by atoms with Crippen LogP contribution in [0.1, 0.15) is 0 Å². The molecular weight excluding hydrogens is 354 g/mol. The third-order valence-corrected chi connectivity index (χ3v) is 3.77. The van der Waals surface area contributed by atoms with Crippen LogP contribution >= 0.6 is 11.6 Å². The van der Waals surface area contributed by atoms with Gasteiger partial charge in [0, 0.05) is 24.9 Å². The number of amides is 1. The monoisotopic (exact) mass is 370 g/mol. The Labute approximate surface area is 149 Å². The summed E-state index contributed by atoms with van der Waals surface area (Å²) < 4.78 is 36.6. The van der Waals surface area contributed by atoms with Gasteiger partial charge in [-0.15, -0.1) is 0 Å². The van der Waals surface area contributed by atoms with E-state index in [1.807, 2.05) is 0 Å². The number of ether oxygens (including phenoxy) is 2. The summed E-state index contributed by atoms with van der Waals surface area (Å²) in [7, 11) is 4.51. The van der Waals surface area contributed by atoms with Gasteiger partial charge in [-0.05, 0) is 18.2 Å². The maximum Gasteiger partial charge on any atom is 0.243 e. The first-order chi connectivity index (χ1) is 11.8. The average Bonchev–Trinajstić information content (AvgIpc) is 2.57. The van der Waals surface area contributed by atoms with Gasteiger partial charge in [-0.3, -0.25) is 4.79 Å². The van der Waals surface area contributed by atoms with Crippen molar-refractivity contribution in [2.75, 3.05) is 38.0 Å². The highest BCUT2D eigenvalue weighted by Crippen LogP contribution is 2.35. The van der Waals surface area contributed by atoms with Gasteiger partial charge in [0.25, 0.3) is 0 Å². The Balaban J connectivity index is 2.11. The molecule has 25 heavy (non-hydrogen) atoms. The number of halogens is 3. The fourth-order valence-corrected chi connectivity index (χ4v) is 2.42. The number of anilines is 2. The number of hydrogen-bond acceptors (Lipinski definition) is 4. The molecule has 0 radical (unpaired) electrons. The highest BCUT2D eigenvalue weighted by atomic mass is 35.5. The fourth-order valence-electron chi connectivity index (χ4n) is 2.18. The lowest BCUT2D eigenvalue weighted by molar-refractivity contribution is -0.114. The van der Waals surface area contributed by atoms with E-state index in [1.54, 1.807) is 13.1 Å². The number of rotatable bonds is 6. The summed E-state index contributed by atoms with van der Waals surface area (Å²) in [6, 6.07) is 6.47. The van der Waals surface area contributed by atoms with Crippen LogP contribution in [0.4, 0.5) is 20.2 Å². The molecule has 0 atom stereocenters. The Morgan fingerprint density at radius 3 is 2.40 bits per heavy atom. The molecular formula is C17H17ClF2N2O3. The van der Waals surface area contributed by atoms with Crippen molar-refractivity contribution in [2.45, 2.75) is 0 Å². The maximum atomic E-state index is 13.3. The number of carbonyl (C=O) groups is 1. The van der Waals surface area contributed by atoms with Gasteiger partial charge < -0.3 is 19.7 Å². The molecule has 0 aliphatic carbocycles. The van der Waals surface area contributed by atoms with Gasteiger partial charge in [0.1, 0.15) is 11.5 Å². The van der Waals surface area contributed by atoms with Crippen molar-refractivity contribution in [1.29, 1.82) is 0 Å². The van der Waals surface area contributed by atoms with Crippen molar-refractivity contribution in [3.8, 4) is 11.5 Å². The Morgan fingerprint density at radius 2 is 1.80 bits per heavy atom. The van der Waals surface area contributed by atoms with Gasteiger partial charge in [0.15, 0.2) is 11.6 Å². The largest absolute Gasteiger partial charge is 0.495 e. The van der Waals surface area contributed by atoms with Gasteiger partial charge in [0.05, 0.1) is 31.5 Å². The standard InChI is InChI=1S/C17H17ClF2N2O3/c1-22(10-4-5-12(19)13(20)6-10)9-17(23)21-14-7-11(18)15(24-2)8-16(14)25-3/h4-8H,9H2,1-3H3,(H,21,23). The molecule has 5 nitrogen and oxygen atoms in total. The Hall–Kier alpha value is -2.54. The normalized spacial score (nSPS) is 10.3. The smallest absolute Gasteiger partial charge is 0.243 e. The van der Waals surface area contributed by atoms with Crippen molar-refractivity contribution >= 4 is 28.9 Å². The van der Waals surface area contributed by atoms with Crippen molar-refractivity contribution in [1.82, 2.24) is 0 Å². The minimum absolute atomic E-state index is 0.0854. The molecule has 1 amide bonds. The molecule has 8 heteroatoms. The minimum Gasteiger partial charge on any atom is -0.495 e. The third-order valence-electron chi connectivity index (χ3n) is 3.47. The van der Waals surface area contributed by atoms with Gasteiger partial charge in [0.2, 0.25) is 5.91 Å². The van der Waals surface area contributed by atoms with Crippen LogP contribution in [0.3, 0.4) is 0 Å². The Bertz CT molecular complexity index is 787. The van der Waals surface area contributed by atoms with E-state index in [2.05, 4.69) is 5.32 Å². The molecule has 2 rings (SSSR count). The molecule has 2 aromatic rings. The summed E-state index contributed by atoms with van der Waals surface area (Å²) in [4.78, 5) is 13.7. The first kappa shape index (κ1) is 18.8. The summed E-state index contributed by atoms with van der Waals surface area (Å²) in [5.74, 6) is -1.51. The van der Waals surface area contributed by atoms with Crippen LogP contribution in [0.5, 0.6) is 11.5 Å². The number of benzene rings is 2. The first-order valence-corrected chi connectivity index (χ1v) is 7.61. The molecule has 134 valence electrons. The molecule has 0 aromatic heterocycles. The summed E-state index contributed by atoms with van der Waals surface area (Å²) in [6.07, 6.45) is 0. The number of hydrogen-bond donors (Lipinski definition) is 1. The SMILES string of the molecule is COc1cc(OC)c(NC(=O)CN(C)c2ccc(F)c(F)c2)cc1Cl. The van der Waals surface area contributed by atoms with Crippen LogP contribution in [0.2, 0.25) is 5.02 Å². The summed E-state index contributed by atoms with van der Waals surface area (Å²) >= 11 is 6.06. The molecule has 2 aromatic carbocycles. The van der Waals surface area contributed by atoms with E-state index in [0.717, 1.165) is 12.1 Å². The van der Waals surface area contributed by atoms with Gasteiger partial charge in [-0.2, -0.15) is 0 Å². The molecule has 1 N–H and O–H groups in total. The van der Waals surface area contributed by atoms with E-state index < -0.39 is 11.6 Å². The Morgan fingerprint density at radius 1 is 1.12 bits per heavy atom. The molecule has 0 bridgehead atoms. The van der Waals surface area contributed by atoms with Gasteiger partial charge >= 0.3 is 0 Å². The number of carbonyl (C=O) groups excluding carboxylic acids is 1. The quantitative estimate of drug-likeness (QED) is 0.842. The van der Waals surface area contributed by atoms with E-state index in [-0.39, 0.29) is 12.5 Å². The predicted octanol–water partition coefficient (Wildman–Crippen LogP) is 3.71. The lowest BCUT2D eigenvalue weighted by atomic mass is 10.2. The van der Waals surface area contributed by atoms with Crippen molar-refractivity contribution < 1.29 is 23.0 Å². The molecule has 0 aliphatic heterocycles. The van der Waals surface area contributed by atoms with Crippen LogP contribution < -0.4 is 19.7 Å². The fraction of sp³-hybridized carbons (Fsp3) is 0.235. The zero-order valence-corrected chi connectivity index (χ0v) is 14.7. The van der Waals surface area contributed by atoms with Crippen LogP contribution in [-0.4, -0.2) is 33.7 Å². The van der Waals surface area contributed by atoms with E-state index in [0.29, 0.717) is 27.9 Å². The highest BCUT2D eigenvalue weighted by Gasteiger charge is 2.15. The predicted molar refractivity (Wildman–Crippen MR) is 92.8 cm³/mol. The van der Waals surface area contributed by atoms with Crippen LogP contribution in [0, 0.1) is 11.6 Å². The van der Waals surface area contributed by atoms with Crippen molar-refractivity contribution in [2.24, 2.45) is 0 Å². The average molecular weight is 371 g/mol. The van der Waals surface area contributed by atoms with E-state index in [4.69, 9.17) is 21.1 Å². The maximum absolute atomic E-state index is 13.3. The van der Waals surface area contributed by atoms with Crippen molar-refractivity contribution in [3.05, 3.63) is 47.0 Å². The lowest BCUT2D eigenvalue weighted by Crippen LogP contribution is -2.30. The van der Waals surface area contributed by atoms with E-state index in [1.165, 1.54) is 31.3 Å². The van der Waals surface area contributed by atoms with E-state index in [9.17, 15) is 13.6 Å². The third kappa shape index (κ3) is 4.51. The van der Waals surface area contributed by atoms with Crippen molar-refractivity contribution in [3.63, 3.8) is 0 Å². The topological polar surface area (TPSA) is 50.8 Å². The van der Waals surface area contributed by atoms with Crippen LogP contribution in [-0.2, 0) is 4.79 Å². The molecule has 0 unspecified atom stereocenters. The molecule has 0 spiro atoms. The zero-order valence-electron chi connectivity index (χ0n) is 13.9. The zero-order chi connectivity index (χ0) is 18.6. The molecule has 0 aliphatic rings. The number of nitrogens with one attached hydrogen (secondary N) is 1. The number of nitrogens with zero attached hydrogens (tertiary/aromatic N) is 1. The van der Waals surface area contributed by atoms with Crippen LogP contribution in [0.25, 0.3) is 0 Å². The molecule has 0 saturated heterocycles. The summed E-state index contributed by atoms with van der Waals surface area (Å²) in [5.41, 5.74) is 0.741.